The highest BCUT2D eigenvalue weighted by atomic mass is 32.2. The fraction of sp³-hybridized carbons (Fsp3) is 0.500. The van der Waals surface area contributed by atoms with E-state index in [4.69, 9.17) is 15.0 Å². The van der Waals surface area contributed by atoms with Gasteiger partial charge in [-0.25, -0.2) is 4.79 Å². The first-order valence-corrected chi connectivity index (χ1v) is 8.32. The Labute approximate surface area is 135 Å². The fourth-order valence-corrected chi connectivity index (χ4v) is 3.51. The summed E-state index contributed by atoms with van der Waals surface area (Å²) in [6.45, 7) is 4.15. The van der Waals surface area contributed by atoms with Crippen LogP contribution in [0.25, 0.3) is 0 Å². The normalized spacial score (nSPS) is 17.1. The summed E-state index contributed by atoms with van der Waals surface area (Å²) in [5.74, 6) is 1.33. The van der Waals surface area contributed by atoms with Crippen molar-refractivity contribution in [1.29, 1.82) is 0 Å². The van der Waals surface area contributed by atoms with Gasteiger partial charge in [0.1, 0.15) is 0 Å². The Morgan fingerprint density at radius 2 is 1.95 bits per heavy atom. The lowest BCUT2D eigenvalue weighted by molar-refractivity contribution is -0.120. The maximum Gasteiger partial charge on any atom is 0.503 e. The quantitative estimate of drug-likeness (QED) is 0.792. The minimum atomic E-state index is -1.83. The van der Waals surface area contributed by atoms with E-state index in [-0.39, 0.29) is 5.91 Å². The lowest BCUT2D eigenvalue weighted by atomic mass is 10.0. The van der Waals surface area contributed by atoms with Crippen molar-refractivity contribution >= 4 is 23.8 Å². The number of hydrogen-bond acceptors (Lipinski definition) is 3. The van der Waals surface area contributed by atoms with Gasteiger partial charge in [0.05, 0.1) is 11.8 Å². The second-order valence-corrected chi connectivity index (χ2v) is 6.62. The van der Waals surface area contributed by atoms with Crippen LogP contribution in [0.5, 0.6) is 0 Å². The molecule has 1 saturated heterocycles. The molecule has 0 radical (unpaired) electrons. The summed E-state index contributed by atoms with van der Waals surface area (Å²) in [5, 5.41) is 17.4. The predicted octanol–water partition coefficient (Wildman–Crippen LogP) is 3.43. The highest BCUT2D eigenvalue weighted by Gasteiger charge is 2.16. The van der Waals surface area contributed by atoms with Crippen molar-refractivity contribution in [3.63, 3.8) is 0 Å². The van der Waals surface area contributed by atoms with Crippen molar-refractivity contribution in [3.05, 3.63) is 34.9 Å². The predicted molar refractivity (Wildman–Crippen MR) is 88.5 cm³/mol. The van der Waals surface area contributed by atoms with Gasteiger partial charge in [-0.3, -0.25) is 4.79 Å². The van der Waals surface area contributed by atoms with Gasteiger partial charge in [0.25, 0.3) is 0 Å². The lowest BCUT2D eigenvalue weighted by Crippen LogP contribution is -2.35. The molecule has 2 rings (SSSR count). The number of aryl methyl sites for hydroxylation is 2. The average Bonchev–Trinajstić information content (AvgIpc) is 2.42. The van der Waals surface area contributed by atoms with Gasteiger partial charge in [-0.1, -0.05) is 23.8 Å². The van der Waals surface area contributed by atoms with Gasteiger partial charge in [-0.05, 0) is 50.0 Å². The topological polar surface area (TPSA) is 86.6 Å². The van der Waals surface area contributed by atoms with Gasteiger partial charge in [0.15, 0.2) is 0 Å². The molecule has 5 nitrogen and oxygen atoms in total. The Balaban J connectivity index is 0.000000541. The van der Waals surface area contributed by atoms with E-state index in [9.17, 15) is 4.79 Å². The fourth-order valence-electron chi connectivity index (χ4n) is 2.30. The number of rotatable bonds is 3. The van der Waals surface area contributed by atoms with Gasteiger partial charge in [0.2, 0.25) is 5.91 Å². The first-order valence-electron chi connectivity index (χ1n) is 7.27. The molecule has 0 aliphatic carbocycles. The molecular weight excluding hydrogens is 302 g/mol. The molecule has 1 amide bonds. The van der Waals surface area contributed by atoms with Gasteiger partial charge in [-0.2, -0.15) is 0 Å². The molecule has 1 fully saturated rings. The van der Waals surface area contributed by atoms with Crippen LogP contribution in [-0.2, 0) is 11.2 Å². The molecule has 1 aromatic rings. The van der Waals surface area contributed by atoms with Crippen molar-refractivity contribution in [3.8, 4) is 0 Å². The van der Waals surface area contributed by atoms with Crippen molar-refractivity contribution in [1.82, 2.24) is 5.32 Å². The number of amides is 1. The second kappa shape index (κ2) is 9.35. The summed E-state index contributed by atoms with van der Waals surface area (Å²) < 4.78 is 0. The third-order valence-corrected chi connectivity index (χ3v) is 4.63. The van der Waals surface area contributed by atoms with Gasteiger partial charge in [-0.15, -0.1) is 11.8 Å². The number of carbonyl (C=O) groups is 2. The molecule has 1 atom stereocenters. The molecular formula is C16H23NO4S. The smallest absolute Gasteiger partial charge is 0.450 e. The SMILES string of the molecule is Cc1ccc(CC(=O)NC2CCCCS2)c(C)c1.O=C(O)O. The lowest BCUT2D eigenvalue weighted by Gasteiger charge is -2.22. The molecule has 0 spiro atoms. The van der Waals surface area contributed by atoms with E-state index in [1.165, 1.54) is 29.7 Å². The van der Waals surface area contributed by atoms with Crippen molar-refractivity contribution in [2.75, 3.05) is 5.75 Å². The van der Waals surface area contributed by atoms with Crippen LogP contribution in [0.3, 0.4) is 0 Å². The van der Waals surface area contributed by atoms with E-state index in [1.807, 2.05) is 11.8 Å². The zero-order chi connectivity index (χ0) is 16.5. The minimum absolute atomic E-state index is 0.154. The number of carbonyl (C=O) groups excluding carboxylic acids is 1. The van der Waals surface area contributed by atoms with Crippen LogP contribution in [0, 0.1) is 13.8 Å². The Morgan fingerprint density at radius 3 is 2.50 bits per heavy atom. The van der Waals surface area contributed by atoms with E-state index in [0.717, 1.165) is 12.0 Å². The molecule has 122 valence electrons. The summed E-state index contributed by atoms with van der Waals surface area (Å²) in [6, 6.07) is 6.28. The van der Waals surface area contributed by atoms with Crippen molar-refractivity contribution in [2.24, 2.45) is 0 Å². The molecule has 1 heterocycles. The van der Waals surface area contributed by atoms with E-state index >= 15 is 0 Å². The van der Waals surface area contributed by atoms with Gasteiger partial charge < -0.3 is 15.5 Å². The number of benzene rings is 1. The second-order valence-electron chi connectivity index (χ2n) is 5.31. The van der Waals surface area contributed by atoms with Crippen molar-refractivity contribution < 1.29 is 19.8 Å². The summed E-state index contributed by atoms with van der Waals surface area (Å²) >= 11 is 1.88. The number of nitrogens with one attached hydrogen (secondary N) is 1. The van der Waals surface area contributed by atoms with Gasteiger partial charge in [0, 0.05) is 0 Å². The van der Waals surface area contributed by atoms with E-state index < -0.39 is 6.16 Å². The Morgan fingerprint density at radius 1 is 1.27 bits per heavy atom. The first-order chi connectivity index (χ1) is 10.4. The molecule has 1 aromatic carbocycles. The van der Waals surface area contributed by atoms with Crippen LogP contribution < -0.4 is 5.32 Å². The van der Waals surface area contributed by atoms with Crippen LogP contribution >= 0.6 is 11.8 Å². The Hall–Kier alpha value is -1.69. The number of carboxylic acid groups (broad SMARTS) is 2. The van der Waals surface area contributed by atoms with Crippen LogP contribution in [0.1, 0.15) is 36.0 Å². The third-order valence-electron chi connectivity index (χ3n) is 3.35. The summed E-state index contributed by atoms with van der Waals surface area (Å²) in [4.78, 5) is 20.5. The molecule has 0 aromatic heterocycles. The molecule has 1 aliphatic heterocycles. The Bertz CT molecular complexity index is 509. The van der Waals surface area contributed by atoms with Crippen molar-refractivity contribution in [2.45, 2.75) is 44.9 Å². The van der Waals surface area contributed by atoms with Crippen LogP contribution in [0.4, 0.5) is 4.79 Å². The molecule has 1 aliphatic rings. The molecule has 22 heavy (non-hydrogen) atoms. The molecule has 3 N–H and O–H groups in total. The maximum absolute atomic E-state index is 12.0. The standard InChI is InChI=1S/C15H21NOS.CH2O3/c1-11-6-7-13(12(2)9-11)10-14(17)16-15-5-3-4-8-18-15;2-1(3)4/h6-7,9,15H,3-5,8,10H2,1-2H3,(H,16,17);(H2,2,3,4). The monoisotopic (exact) mass is 325 g/mol. The molecule has 1 unspecified atom stereocenters. The Kier molecular flexibility index (Phi) is 7.80. The first kappa shape index (κ1) is 18.4. The zero-order valence-corrected chi connectivity index (χ0v) is 13.8. The van der Waals surface area contributed by atoms with Crippen LogP contribution in [0.15, 0.2) is 18.2 Å². The molecule has 6 heteroatoms. The van der Waals surface area contributed by atoms with Crippen LogP contribution in [0.2, 0.25) is 0 Å². The zero-order valence-electron chi connectivity index (χ0n) is 13.0. The minimum Gasteiger partial charge on any atom is -0.450 e. The number of thioether (sulfide) groups is 1. The highest BCUT2D eigenvalue weighted by molar-refractivity contribution is 7.99. The molecule has 0 saturated carbocycles. The van der Waals surface area contributed by atoms with Gasteiger partial charge >= 0.3 is 6.16 Å². The highest BCUT2D eigenvalue weighted by Crippen LogP contribution is 2.23. The number of hydrogen-bond donors (Lipinski definition) is 3. The van der Waals surface area contributed by atoms with E-state index in [1.54, 1.807) is 0 Å². The van der Waals surface area contributed by atoms with E-state index in [0.29, 0.717) is 11.8 Å². The van der Waals surface area contributed by atoms with E-state index in [2.05, 4.69) is 37.4 Å². The summed E-state index contributed by atoms with van der Waals surface area (Å²) in [5.41, 5.74) is 3.60. The largest absolute Gasteiger partial charge is 0.503 e. The summed E-state index contributed by atoms with van der Waals surface area (Å²) in [7, 11) is 0. The molecule has 0 bridgehead atoms. The maximum atomic E-state index is 12.0. The van der Waals surface area contributed by atoms with Crippen LogP contribution in [-0.4, -0.2) is 33.4 Å². The third kappa shape index (κ3) is 7.36. The average molecular weight is 325 g/mol. The summed E-state index contributed by atoms with van der Waals surface area (Å²) in [6.07, 6.45) is 2.31.